The topological polar surface area (TPSA) is 46.5 Å². The van der Waals surface area contributed by atoms with Crippen molar-refractivity contribution < 1.29 is 14.6 Å². The van der Waals surface area contributed by atoms with Crippen LogP contribution in [-0.2, 0) is 9.53 Å². The molecule has 1 rings (SSSR count). The predicted octanol–water partition coefficient (Wildman–Crippen LogP) is 2.15. The molecule has 0 spiro atoms. The number of rotatable bonds is 4. The number of hydrogen-bond acceptors (Lipinski definition) is 2. The quantitative estimate of drug-likeness (QED) is 0.587. The first-order chi connectivity index (χ1) is 6.75. The number of aliphatic carboxylic acids is 1. The highest BCUT2D eigenvalue weighted by molar-refractivity contribution is 6.14. The molecule has 14 heavy (non-hydrogen) atoms. The summed E-state index contributed by atoms with van der Waals surface area (Å²) in [7, 11) is 0. The first-order valence-corrected chi connectivity index (χ1v) is 4.36. The lowest BCUT2D eigenvalue weighted by atomic mass is 10.1. The lowest BCUT2D eigenvalue weighted by Gasteiger charge is -2.02. The maximum absolute atomic E-state index is 10.9. The second-order valence-corrected chi connectivity index (χ2v) is 2.66. The van der Waals surface area contributed by atoms with Crippen LogP contribution in [0.25, 0.3) is 5.57 Å². The molecule has 0 amide bonds. The fourth-order valence-electron chi connectivity index (χ4n) is 1.03. The Kier molecular flexibility index (Phi) is 3.73. The molecule has 74 valence electrons. The molecule has 3 heteroatoms. The van der Waals surface area contributed by atoms with Crippen LogP contribution in [0.5, 0.6) is 0 Å². The van der Waals surface area contributed by atoms with Crippen molar-refractivity contribution in [2.75, 3.05) is 6.61 Å². The Bertz CT molecular complexity index is 328. The summed E-state index contributed by atoms with van der Waals surface area (Å²) in [5.41, 5.74) is 0.820. The van der Waals surface area contributed by atoms with E-state index in [9.17, 15) is 4.79 Å². The van der Waals surface area contributed by atoms with Crippen LogP contribution in [0.15, 0.2) is 36.6 Å². The molecule has 0 unspecified atom stereocenters. The number of carboxylic acid groups (broad SMARTS) is 1. The Labute approximate surface area is 82.6 Å². The molecule has 1 N–H and O–H groups in total. The van der Waals surface area contributed by atoms with Gasteiger partial charge in [0.05, 0.1) is 12.9 Å². The van der Waals surface area contributed by atoms with E-state index >= 15 is 0 Å². The molecule has 0 fully saturated rings. The summed E-state index contributed by atoms with van der Waals surface area (Å²) in [5.74, 6) is -0.982. The fraction of sp³-hybridized carbons (Fsp3) is 0.182. The Morgan fingerprint density at radius 1 is 1.43 bits per heavy atom. The van der Waals surface area contributed by atoms with Crippen molar-refractivity contribution in [2.24, 2.45) is 0 Å². The maximum atomic E-state index is 10.9. The molecule has 3 nitrogen and oxygen atoms in total. The van der Waals surface area contributed by atoms with Gasteiger partial charge in [-0.05, 0) is 12.5 Å². The van der Waals surface area contributed by atoms with E-state index in [-0.39, 0.29) is 5.57 Å². The van der Waals surface area contributed by atoms with E-state index in [4.69, 9.17) is 9.84 Å². The van der Waals surface area contributed by atoms with Crippen molar-refractivity contribution in [3.05, 3.63) is 42.2 Å². The fourth-order valence-corrected chi connectivity index (χ4v) is 1.03. The van der Waals surface area contributed by atoms with Crippen LogP contribution in [0.1, 0.15) is 12.5 Å². The zero-order chi connectivity index (χ0) is 10.4. The molecule has 0 bridgehead atoms. The molecule has 0 atom stereocenters. The van der Waals surface area contributed by atoms with Crippen molar-refractivity contribution >= 4 is 11.5 Å². The van der Waals surface area contributed by atoms with Crippen LogP contribution < -0.4 is 0 Å². The molecule has 0 aliphatic rings. The van der Waals surface area contributed by atoms with Gasteiger partial charge in [0.1, 0.15) is 5.57 Å². The zero-order valence-electron chi connectivity index (χ0n) is 7.93. The van der Waals surface area contributed by atoms with Gasteiger partial charge in [0.25, 0.3) is 0 Å². The summed E-state index contributed by atoms with van der Waals surface area (Å²) in [5, 5.41) is 8.91. The van der Waals surface area contributed by atoms with Gasteiger partial charge in [0, 0.05) is 0 Å². The van der Waals surface area contributed by atoms with Gasteiger partial charge in [-0.3, -0.25) is 0 Å². The summed E-state index contributed by atoms with van der Waals surface area (Å²) in [4.78, 5) is 10.9. The average Bonchev–Trinajstić information content (AvgIpc) is 2.19. The summed E-state index contributed by atoms with van der Waals surface area (Å²) >= 11 is 0. The Morgan fingerprint density at radius 3 is 2.57 bits per heavy atom. The Hall–Kier alpha value is -1.77. The van der Waals surface area contributed by atoms with Crippen molar-refractivity contribution in [1.82, 2.24) is 0 Å². The molecular formula is C11H12O3. The molecule has 1 aromatic carbocycles. The molecule has 0 saturated carbocycles. The van der Waals surface area contributed by atoms with Crippen LogP contribution >= 0.6 is 0 Å². The smallest absolute Gasteiger partial charge is 0.339 e. The van der Waals surface area contributed by atoms with Crippen LogP contribution in [0, 0.1) is 0 Å². The molecule has 0 aliphatic carbocycles. The number of carboxylic acids is 1. The number of benzene rings is 1. The Balaban J connectivity index is 2.95. The monoisotopic (exact) mass is 192 g/mol. The van der Waals surface area contributed by atoms with E-state index in [1.807, 2.05) is 6.07 Å². The van der Waals surface area contributed by atoms with Gasteiger partial charge in [-0.1, -0.05) is 30.3 Å². The summed E-state index contributed by atoms with van der Waals surface area (Å²) in [6.07, 6.45) is 1.28. The molecular weight excluding hydrogens is 180 g/mol. The summed E-state index contributed by atoms with van der Waals surface area (Å²) in [6, 6.07) is 8.89. The predicted molar refractivity (Wildman–Crippen MR) is 53.7 cm³/mol. The van der Waals surface area contributed by atoms with E-state index in [0.29, 0.717) is 12.2 Å². The van der Waals surface area contributed by atoms with Gasteiger partial charge < -0.3 is 9.84 Å². The van der Waals surface area contributed by atoms with Gasteiger partial charge >= 0.3 is 5.97 Å². The van der Waals surface area contributed by atoms with Crippen LogP contribution in [0.4, 0.5) is 0 Å². The molecule has 0 aromatic heterocycles. The largest absolute Gasteiger partial charge is 0.501 e. The van der Waals surface area contributed by atoms with Gasteiger partial charge in [0.2, 0.25) is 0 Å². The standard InChI is InChI=1S/C11H12O3/c1-2-14-8-10(11(12)13)9-6-4-3-5-7-9/h3-8H,2H2,1H3,(H,12,13)/b10-8-. The first-order valence-electron chi connectivity index (χ1n) is 4.36. The number of ether oxygens (including phenoxy) is 1. The number of hydrogen-bond donors (Lipinski definition) is 1. The third-order valence-corrected chi connectivity index (χ3v) is 1.68. The van der Waals surface area contributed by atoms with Crippen molar-refractivity contribution in [3.63, 3.8) is 0 Å². The van der Waals surface area contributed by atoms with E-state index in [1.54, 1.807) is 31.2 Å². The highest BCUT2D eigenvalue weighted by Gasteiger charge is 2.09. The van der Waals surface area contributed by atoms with Crippen LogP contribution in [-0.4, -0.2) is 17.7 Å². The zero-order valence-corrected chi connectivity index (χ0v) is 7.93. The van der Waals surface area contributed by atoms with Crippen LogP contribution in [0.3, 0.4) is 0 Å². The van der Waals surface area contributed by atoms with Crippen LogP contribution in [0.2, 0.25) is 0 Å². The average molecular weight is 192 g/mol. The third kappa shape index (κ3) is 2.62. The minimum Gasteiger partial charge on any atom is -0.501 e. The highest BCUT2D eigenvalue weighted by Crippen LogP contribution is 2.13. The van der Waals surface area contributed by atoms with Crippen molar-refractivity contribution in [1.29, 1.82) is 0 Å². The second-order valence-electron chi connectivity index (χ2n) is 2.66. The van der Waals surface area contributed by atoms with E-state index in [2.05, 4.69) is 0 Å². The van der Waals surface area contributed by atoms with E-state index in [1.165, 1.54) is 6.26 Å². The van der Waals surface area contributed by atoms with E-state index in [0.717, 1.165) is 0 Å². The second kappa shape index (κ2) is 5.07. The molecule has 0 saturated heterocycles. The minimum atomic E-state index is -0.982. The summed E-state index contributed by atoms with van der Waals surface area (Å²) in [6.45, 7) is 2.27. The van der Waals surface area contributed by atoms with Gasteiger partial charge in [-0.2, -0.15) is 0 Å². The van der Waals surface area contributed by atoms with Gasteiger partial charge in [-0.15, -0.1) is 0 Å². The lowest BCUT2D eigenvalue weighted by Crippen LogP contribution is -2.00. The maximum Gasteiger partial charge on any atom is 0.339 e. The molecule has 0 radical (unpaired) electrons. The van der Waals surface area contributed by atoms with E-state index < -0.39 is 5.97 Å². The highest BCUT2D eigenvalue weighted by atomic mass is 16.5. The molecule has 1 aromatic rings. The van der Waals surface area contributed by atoms with Gasteiger partial charge in [-0.25, -0.2) is 4.79 Å². The first kappa shape index (κ1) is 10.3. The SMILES string of the molecule is CCO/C=C(\C(=O)O)c1ccccc1. The Morgan fingerprint density at radius 2 is 2.07 bits per heavy atom. The third-order valence-electron chi connectivity index (χ3n) is 1.68. The molecule has 0 aliphatic heterocycles. The minimum absolute atomic E-state index is 0.174. The normalized spacial score (nSPS) is 11.1. The number of carbonyl (C=O) groups is 1. The summed E-state index contributed by atoms with van der Waals surface area (Å²) < 4.78 is 4.97. The molecule has 0 heterocycles. The lowest BCUT2D eigenvalue weighted by molar-refractivity contribution is -0.130. The van der Waals surface area contributed by atoms with Crippen molar-refractivity contribution in [2.45, 2.75) is 6.92 Å². The van der Waals surface area contributed by atoms with Crippen molar-refractivity contribution in [3.8, 4) is 0 Å². The van der Waals surface area contributed by atoms with Gasteiger partial charge in [0.15, 0.2) is 0 Å².